The number of hydrogen-bond donors (Lipinski definition) is 2. The Balaban J connectivity index is 0.00000242. The van der Waals surface area contributed by atoms with Gasteiger partial charge in [-0.3, -0.25) is 4.79 Å². The van der Waals surface area contributed by atoms with Crippen LogP contribution in [-0.4, -0.2) is 22.4 Å². The third-order valence-electron chi connectivity index (χ3n) is 2.86. The van der Waals surface area contributed by atoms with Gasteiger partial charge in [-0.1, -0.05) is 20.8 Å². The highest BCUT2D eigenvalue weighted by Crippen LogP contribution is 2.23. The van der Waals surface area contributed by atoms with Crippen LogP contribution < -0.4 is 11.1 Å². The molecule has 0 fully saturated rings. The number of aromatic nitrogens is 2. The fraction of sp³-hybridized carbons (Fsp3) is 0.500. The van der Waals surface area contributed by atoms with Gasteiger partial charge in [-0.25, -0.2) is 9.97 Å². The van der Waals surface area contributed by atoms with Crippen molar-refractivity contribution in [3.8, 4) is 0 Å². The number of rotatable bonds is 5. The summed E-state index contributed by atoms with van der Waals surface area (Å²) >= 11 is 3.03. The lowest BCUT2D eigenvalue weighted by molar-refractivity contribution is 0.0946. The molecule has 0 aliphatic heterocycles. The maximum atomic E-state index is 12.0. The summed E-state index contributed by atoms with van der Waals surface area (Å²) in [5.74, 6) is -0.165. The molecule has 23 heavy (non-hydrogen) atoms. The van der Waals surface area contributed by atoms with Gasteiger partial charge in [-0.2, -0.15) is 0 Å². The van der Waals surface area contributed by atoms with Crippen LogP contribution in [0, 0.1) is 0 Å². The molecule has 9 heteroatoms. The first kappa shape index (κ1) is 22.3. The zero-order chi connectivity index (χ0) is 15.5. The first-order valence-electron chi connectivity index (χ1n) is 6.77. The lowest BCUT2D eigenvalue weighted by Gasteiger charge is -2.14. The number of halogens is 2. The molecule has 2 aromatic heterocycles. The predicted octanol–water partition coefficient (Wildman–Crippen LogP) is 3.17. The number of nitrogens with one attached hydrogen (secondary N) is 1. The van der Waals surface area contributed by atoms with Crippen molar-refractivity contribution in [1.82, 2.24) is 15.3 Å². The molecule has 3 N–H and O–H groups in total. The minimum atomic E-state index is -0.165. The summed E-state index contributed by atoms with van der Waals surface area (Å²) in [6.07, 6.45) is 0.708. The SMILES string of the molecule is CC(C)(C)c1csc(CNC(=O)c2csc(CCN)n2)n1.Cl.Cl. The Morgan fingerprint density at radius 3 is 2.39 bits per heavy atom. The standard InChI is InChI=1S/C14H20N4OS2.2ClH/c1-14(2,3)10-8-21-12(18-10)6-16-13(19)9-7-20-11(17-9)4-5-15;;/h7-8H,4-6,15H2,1-3H3,(H,16,19);2*1H. The molecular formula is C14H22Cl2N4OS2. The molecule has 2 heterocycles. The molecule has 0 aliphatic carbocycles. The van der Waals surface area contributed by atoms with Crippen molar-refractivity contribution in [3.05, 3.63) is 32.2 Å². The lowest BCUT2D eigenvalue weighted by atomic mass is 9.93. The molecule has 0 atom stereocenters. The van der Waals surface area contributed by atoms with E-state index in [1.807, 2.05) is 5.38 Å². The number of nitrogens with zero attached hydrogens (tertiary/aromatic N) is 2. The summed E-state index contributed by atoms with van der Waals surface area (Å²) < 4.78 is 0. The van der Waals surface area contributed by atoms with Gasteiger partial charge in [0.2, 0.25) is 0 Å². The Kier molecular flexibility index (Phi) is 9.24. The Morgan fingerprint density at radius 1 is 1.17 bits per heavy atom. The smallest absolute Gasteiger partial charge is 0.271 e. The first-order valence-corrected chi connectivity index (χ1v) is 8.53. The van der Waals surface area contributed by atoms with Gasteiger partial charge in [-0.15, -0.1) is 47.5 Å². The van der Waals surface area contributed by atoms with Crippen molar-refractivity contribution in [2.75, 3.05) is 6.54 Å². The Bertz CT molecular complexity index is 622. The Labute approximate surface area is 156 Å². The largest absolute Gasteiger partial charge is 0.344 e. The maximum absolute atomic E-state index is 12.0. The van der Waals surface area contributed by atoms with Crippen LogP contribution in [0.3, 0.4) is 0 Å². The lowest BCUT2D eigenvalue weighted by Crippen LogP contribution is -2.23. The van der Waals surface area contributed by atoms with Crippen LogP contribution in [-0.2, 0) is 18.4 Å². The number of nitrogens with two attached hydrogens (primary N) is 1. The molecule has 0 unspecified atom stereocenters. The minimum absolute atomic E-state index is 0. The van der Waals surface area contributed by atoms with Gasteiger partial charge >= 0.3 is 0 Å². The zero-order valence-corrected chi connectivity index (χ0v) is 16.6. The number of carbonyl (C=O) groups is 1. The predicted molar refractivity (Wildman–Crippen MR) is 101 cm³/mol. The number of hydrogen-bond acceptors (Lipinski definition) is 6. The molecule has 2 rings (SSSR count). The topological polar surface area (TPSA) is 80.9 Å². The molecule has 0 spiro atoms. The first-order chi connectivity index (χ1) is 9.90. The highest BCUT2D eigenvalue weighted by atomic mass is 35.5. The molecule has 0 saturated carbocycles. The van der Waals surface area contributed by atoms with Crippen LogP contribution in [0.1, 0.15) is 47.0 Å². The molecule has 0 aliphatic rings. The number of thiazole rings is 2. The maximum Gasteiger partial charge on any atom is 0.271 e. The van der Waals surface area contributed by atoms with E-state index in [9.17, 15) is 4.79 Å². The summed E-state index contributed by atoms with van der Waals surface area (Å²) in [6, 6.07) is 0. The van der Waals surface area contributed by atoms with Crippen molar-refractivity contribution >= 4 is 53.4 Å². The summed E-state index contributed by atoms with van der Waals surface area (Å²) in [5, 5.41) is 8.47. The van der Waals surface area contributed by atoms with Gasteiger partial charge in [0.05, 0.1) is 17.2 Å². The van der Waals surface area contributed by atoms with Gasteiger partial charge in [0.1, 0.15) is 10.7 Å². The molecule has 130 valence electrons. The van der Waals surface area contributed by atoms with Gasteiger partial charge in [0.25, 0.3) is 5.91 Å². The van der Waals surface area contributed by atoms with Gasteiger partial charge in [0.15, 0.2) is 0 Å². The van der Waals surface area contributed by atoms with Gasteiger partial charge in [0, 0.05) is 22.6 Å². The van der Waals surface area contributed by atoms with Crippen molar-refractivity contribution in [2.45, 2.75) is 39.2 Å². The molecule has 0 radical (unpaired) electrons. The Morgan fingerprint density at radius 2 is 1.83 bits per heavy atom. The normalized spacial score (nSPS) is 10.6. The fourth-order valence-electron chi connectivity index (χ4n) is 1.64. The van der Waals surface area contributed by atoms with E-state index in [1.165, 1.54) is 11.3 Å². The summed E-state index contributed by atoms with van der Waals surface area (Å²) in [4.78, 5) is 20.8. The molecule has 2 aromatic rings. The highest BCUT2D eigenvalue weighted by Gasteiger charge is 2.18. The number of amides is 1. The fourth-order valence-corrected chi connectivity index (χ4v) is 3.39. The molecule has 0 aromatic carbocycles. The summed E-state index contributed by atoms with van der Waals surface area (Å²) in [5.41, 5.74) is 7.02. The van der Waals surface area contributed by atoms with Crippen LogP contribution >= 0.6 is 47.5 Å². The summed E-state index contributed by atoms with van der Waals surface area (Å²) in [6.45, 7) is 7.35. The van der Waals surface area contributed by atoms with Crippen molar-refractivity contribution in [2.24, 2.45) is 5.73 Å². The quantitative estimate of drug-likeness (QED) is 0.812. The minimum Gasteiger partial charge on any atom is -0.344 e. The van der Waals surface area contributed by atoms with Crippen LogP contribution in [0.25, 0.3) is 0 Å². The van der Waals surface area contributed by atoms with E-state index in [1.54, 1.807) is 16.7 Å². The van der Waals surface area contributed by atoms with Crippen molar-refractivity contribution in [1.29, 1.82) is 0 Å². The van der Waals surface area contributed by atoms with E-state index in [2.05, 4.69) is 36.1 Å². The molecule has 0 saturated heterocycles. The van der Waals surface area contributed by atoms with Crippen LogP contribution in [0.5, 0.6) is 0 Å². The van der Waals surface area contributed by atoms with E-state index < -0.39 is 0 Å². The Hall–Kier alpha value is -0.730. The second-order valence-corrected chi connectivity index (χ2v) is 7.61. The average Bonchev–Trinajstić information content (AvgIpc) is 3.04. The average molecular weight is 397 g/mol. The third-order valence-corrected chi connectivity index (χ3v) is 4.62. The van der Waals surface area contributed by atoms with E-state index in [-0.39, 0.29) is 36.1 Å². The summed E-state index contributed by atoms with van der Waals surface area (Å²) in [7, 11) is 0. The molecule has 1 amide bonds. The zero-order valence-electron chi connectivity index (χ0n) is 13.3. The molecule has 0 bridgehead atoms. The molecular weight excluding hydrogens is 375 g/mol. The van der Waals surface area contributed by atoms with E-state index >= 15 is 0 Å². The van der Waals surface area contributed by atoms with E-state index in [0.29, 0.717) is 25.2 Å². The second-order valence-electron chi connectivity index (χ2n) is 5.72. The van der Waals surface area contributed by atoms with Crippen LogP contribution in [0.4, 0.5) is 0 Å². The third kappa shape index (κ3) is 6.35. The van der Waals surface area contributed by atoms with E-state index in [4.69, 9.17) is 5.73 Å². The molecule has 5 nitrogen and oxygen atoms in total. The van der Waals surface area contributed by atoms with Gasteiger partial charge in [-0.05, 0) is 6.54 Å². The second kappa shape index (κ2) is 9.54. The van der Waals surface area contributed by atoms with Crippen molar-refractivity contribution < 1.29 is 4.79 Å². The highest BCUT2D eigenvalue weighted by molar-refractivity contribution is 7.10. The van der Waals surface area contributed by atoms with Gasteiger partial charge < -0.3 is 11.1 Å². The van der Waals surface area contributed by atoms with Crippen LogP contribution in [0.15, 0.2) is 10.8 Å². The van der Waals surface area contributed by atoms with E-state index in [0.717, 1.165) is 15.7 Å². The number of carbonyl (C=O) groups excluding carboxylic acids is 1. The monoisotopic (exact) mass is 396 g/mol. The van der Waals surface area contributed by atoms with Crippen LogP contribution in [0.2, 0.25) is 0 Å². The van der Waals surface area contributed by atoms with Crippen molar-refractivity contribution in [3.63, 3.8) is 0 Å².